The van der Waals surface area contributed by atoms with Gasteiger partial charge in [-0.15, -0.1) is 0 Å². The Kier molecular flexibility index (Phi) is 5.69. The molecule has 20 heavy (non-hydrogen) atoms. The van der Waals surface area contributed by atoms with Crippen LogP contribution >= 0.6 is 0 Å². The monoisotopic (exact) mass is 273 g/mol. The van der Waals surface area contributed by atoms with Crippen molar-refractivity contribution in [3.8, 4) is 5.75 Å². The average molecular weight is 273 g/mol. The third-order valence-corrected chi connectivity index (χ3v) is 3.41. The zero-order valence-electron chi connectivity index (χ0n) is 12.3. The summed E-state index contributed by atoms with van der Waals surface area (Å²) in [5.74, 6) is 1.98. The third-order valence-electron chi connectivity index (χ3n) is 3.41. The minimum atomic E-state index is 0.288. The highest BCUT2D eigenvalue weighted by molar-refractivity contribution is 5.36. The highest BCUT2D eigenvalue weighted by atomic mass is 16.5. The number of hydrogen-bond donors (Lipinski definition) is 1. The van der Waals surface area contributed by atoms with Crippen molar-refractivity contribution in [2.24, 2.45) is 0 Å². The summed E-state index contributed by atoms with van der Waals surface area (Å²) in [5.41, 5.74) is 1.22. The number of benzene rings is 1. The zero-order valence-corrected chi connectivity index (χ0v) is 12.3. The predicted octanol–water partition coefficient (Wildman–Crippen LogP) is 3.96. The Hall–Kier alpha value is -1.74. The van der Waals surface area contributed by atoms with Crippen LogP contribution in [0, 0.1) is 0 Å². The number of ether oxygens (including phenoxy) is 1. The first kappa shape index (κ1) is 14.7. The van der Waals surface area contributed by atoms with Crippen molar-refractivity contribution in [1.29, 1.82) is 0 Å². The van der Waals surface area contributed by atoms with Crippen molar-refractivity contribution in [3.05, 3.63) is 54.0 Å². The molecule has 3 nitrogen and oxygen atoms in total. The molecule has 0 bridgehead atoms. The molecule has 0 aliphatic rings. The third kappa shape index (κ3) is 3.87. The van der Waals surface area contributed by atoms with Crippen LogP contribution in [0.2, 0.25) is 0 Å². The van der Waals surface area contributed by atoms with E-state index in [4.69, 9.17) is 9.15 Å². The molecule has 2 aromatic rings. The first-order valence-corrected chi connectivity index (χ1v) is 7.23. The molecule has 0 aliphatic heterocycles. The molecule has 1 aromatic carbocycles. The van der Waals surface area contributed by atoms with Crippen molar-refractivity contribution < 1.29 is 9.15 Å². The molecular weight excluding hydrogens is 250 g/mol. The molecule has 0 fully saturated rings. The second-order valence-electron chi connectivity index (χ2n) is 4.87. The summed E-state index contributed by atoms with van der Waals surface area (Å²) in [6.45, 7) is 3.18. The van der Waals surface area contributed by atoms with Gasteiger partial charge in [0.2, 0.25) is 0 Å². The second-order valence-corrected chi connectivity index (χ2v) is 4.87. The molecular formula is C17H23NO2. The SMILES string of the molecule is CCCNC(CCc1ccco1)c1ccccc1OC. The number of rotatable bonds is 8. The van der Waals surface area contributed by atoms with Crippen molar-refractivity contribution in [1.82, 2.24) is 5.32 Å². The largest absolute Gasteiger partial charge is 0.496 e. The van der Waals surface area contributed by atoms with E-state index in [1.165, 1.54) is 5.56 Å². The summed E-state index contributed by atoms with van der Waals surface area (Å²) < 4.78 is 10.9. The Bertz CT molecular complexity index is 493. The van der Waals surface area contributed by atoms with E-state index in [0.717, 1.165) is 37.3 Å². The predicted molar refractivity (Wildman–Crippen MR) is 81.1 cm³/mol. The summed E-state index contributed by atoms with van der Waals surface area (Å²) in [6.07, 6.45) is 4.76. The standard InChI is InChI=1S/C17H23NO2/c1-3-12-18-16(11-10-14-7-6-13-20-14)15-8-4-5-9-17(15)19-2/h4-9,13,16,18H,3,10-12H2,1-2H3. The summed E-state index contributed by atoms with van der Waals surface area (Å²) in [5, 5.41) is 3.60. The van der Waals surface area contributed by atoms with Gasteiger partial charge < -0.3 is 14.5 Å². The van der Waals surface area contributed by atoms with Crippen molar-refractivity contribution in [2.75, 3.05) is 13.7 Å². The first-order chi connectivity index (χ1) is 9.85. The van der Waals surface area contributed by atoms with Gasteiger partial charge in [0.15, 0.2) is 0 Å². The molecule has 0 amide bonds. The molecule has 1 atom stereocenters. The molecule has 0 saturated heterocycles. The van der Waals surface area contributed by atoms with Crippen LogP contribution in [0.25, 0.3) is 0 Å². The van der Waals surface area contributed by atoms with Gasteiger partial charge in [0.25, 0.3) is 0 Å². The lowest BCUT2D eigenvalue weighted by Crippen LogP contribution is -2.23. The number of aryl methyl sites for hydroxylation is 1. The van der Waals surface area contributed by atoms with Crippen LogP contribution in [0.1, 0.15) is 37.1 Å². The molecule has 1 N–H and O–H groups in total. The fourth-order valence-corrected chi connectivity index (χ4v) is 2.38. The summed E-state index contributed by atoms with van der Waals surface area (Å²) >= 11 is 0. The molecule has 0 saturated carbocycles. The van der Waals surface area contributed by atoms with E-state index in [-0.39, 0.29) is 6.04 Å². The van der Waals surface area contributed by atoms with Crippen molar-refractivity contribution in [2.45, 2.75) is 32.2 Å². The number of nitrogens with one attached hydrogen (secondary N) is 1. The number of hydrogen-bond acceptors (Lipinski definition) is 3. The van der Waals surface area contributed by atoms with Crippen LogP contribution < -0.4 is 10.1 Å². The average Bonchev–Trinajstić information content (AvgIpc) is 3.01. The van der Waals surface area contributed by atoms with E-state index >= 15 is 0 Å². The highest BCUT2D eigenvalue weighted by Crippen LogP contribution is 2.28. The van der Waals surface area contributed by atoms with Crippen molar-refractivity contribution in [3.63, 3.8) is 0 Å². The smallest absolute Gasteiger partial charge is 0.123 e. The van der Waals surface area contributed by atoms with Crippen LogP contribution in [0.5, 0.6) is 5.75 Å². The topological polar surface area (TPSA) is 34.4 Å². The molecule has 108 valence electrons. The van der Waals surface area contributed by atoms with Gasteiger partial charge in [-0.3, -0.25) is 0 Å². The maximum absolute atomic E-state index is 5.48. The van der Waals surface area contributed by atoms with Gasteiger partial charge in [-0.05, 0) is 37.6 Å². The van der Waals surface area contributed by atoms with E-state index in [1.54, 1.807) is 13.4 Å². The lowest BCUT2D eigenvalue weighted by atomic mass is 10.00. The van der Waals surface area contributed by atoms with Crippen LogP contribution in [0.4, 0.5) is 0 Å². The summed E-state index contributed by atoms with van der Waals surface area (Å²) in [7, 11) is 1.72. The molecule has 0 radical (unpaired) electrons. The minimum absolute atomic E-state index is 0.288. The Morgan fingerprint density at radius 2 is 2.05 bits per heavy atom. The Labute approximate surface area is 121 Å². The first-order valence-electron chi connectivity index (χ1n) is 7.23. The molecule has 1 heterocycles. The normalized spacial score (nSPS) is 12.3. The van der Waals surface area contributed by atoms with E-state index in [1.807, 2.05) is 24.3 Å². The second kappa shape index (κ2) is 7.75. The number of para-hydroxylation sites is 1. The van der Waals surface area contributed by atoms with Gasteiger partial charge in [-0.2, -0.15) is 0 Å². The Morgan fingerprint density at radius 1 is 1.20 bits per heavy atom. The fraction of sp³-hybridized carbons (Fsp3) is 0.412. The van der Waals surface area contributed by atoms with Gasteiger partial charge in [-0.1, -0.05) is 25.1 Å². The van der Waals surface area contributed by atoms with Crippen molar-refractivity contribution >= 4 is 0 Å². The van der Waals surface area contributed by atoms with Gasteiger partial charge in [0.1, 0.15) is 11.5 Å². The quantitative estimate of drug-likeness (QED) is 0.790. The fourth-order valence-electron chi connectivity index (χ4n) is 2.38. The minimum Gasteiger partial charge on any atom is -0.496 e. The lowest BCUT2D eigenvalue weighted by Gasteiger charge is -2.21. The van der Waals surface area contributed by atoms with E-state index in [2.05, 4.69) is 24.4 Å². The summed E-state index contributed by atoms with van der Waals surface area (Å²) in [4.78, 5) is 0. The lowest BCUT2D eigenvalue weighted by molar-refractivity contribution is 0.391. The van der Waals surface area contributed by atoms with Crippen LogP contribution in [-0.2, 0) is 6.42 Å². The van der Waals surface area contributed by atoms with Crippen LogP contribution in [0.3, 0.4) is 0 Å². The Morgan fingerprint density at radius 3 is 2.75 bits per heavy atom. The van der Waals surface area contributed by atoms with Gasteiger partial charge in [0.05, 0.1) is 13.4 Å². The van der Waals surface area contributed by atoms with E-state index < -0.39 is 0 Å². The van der Waals surface area contributed by atoms with Gasteiger partial charge in [0, 0.05) is 18.0 Å². The zero-order chi connectivity index (χ0) is 14.2. The van der Waals surface area contributed by atoms with E-state index in [9.17, 15) is 0 Å². The van der Waals surface area contributed by atoms with Crippen LogP contribution in [0.15, 0.2) is 47.1 Å². The van der Waals surface area contributed by atoms with Crippen LogP contribution in [-0.4, -0.2) is 13.7 Å². The Balaban J connectivity index is 2.09. The molecule has 3 heteroatoms. The molecule has 2 rings (SSSR count). The molecule has 0 aliphatic carbocycles. The number of methoxy groups -OCH3 is 1. The maximum Gasteiger partial charge on any atom is 0.123 e. The van der Waals surface area contributed by atoms with Gasteiger partial charge >= 0.3 is 0 Å². The maximum atomic E-state index is 5.48. The summed E-state index contributed by atoms with van der Waals surface area (Å²) in [6, 6.07) is 12.5. The number of furan rings is 1. The van der Waals surface area contributed by atoms with Gasteiger partial charge in [-0.25, -0.2) is 0 Å². The molecule has 1 aromatic heterocycles. The molecule has 1 unspecified atom stereocenters. The molecule has 0 spiro atoms. The highest BCUT2D eigenvalue weighted by Gasteiger charge is 2.15. The van der Waals surface area contributed by atoms with E-state index in [0.29, 0.717) is 0 Å².